The highest BCUT2D eigenvalue weighted by molar-refractivity contribution is 6.46. The van der Waals surface area contributed by atoms with Gasteiger partial charge in [0.2, 0.25) is 0 Å². The van der Waals surface area contributed by atoms with Gasteiger partial charge in [-0.15, -0.1) is 0 Å². The molecule has 0 aliphatic carbocycles. The first-order valence-corrected chi connectivity index (χ1v) is 5.50. The number of aliphatic hydroxyl groups is 1. The van der Waals surface area contributed by atoms with E-state index in [1.165, 1.54) is 0 Å². The van der Waals surface area contributed by atoms with Gasteiger partial charge >= 0.3 is 7.48 Å². The molecule has 3 nitrogen and oxygen atoms in total. The third-order valence-electron chi connectivity index (χ3n) is 3.05. The molecule has 0 saturated carbocycles. The first kappa shape index (κ1) is 13.2. The lowest BCUT2D eigenvalue weighted by molar-refractivity contribution is -0.0893. The van der Waals surface area contributed by atoms with E-state index in [-0.39, 0.29) is 0 Å². The summed E-state index contributed by atoms with van der Waals surface area (Å²) in [6.45, 7) is 9.22. The fourth-order valence-electron chi connectivity index (χ4n) is 1.02. The highest BCUT2D eigenvalue weighted by atomic mass is 16.5. The predicted molar refractivity (Wildman–Crippen MR) is 67.2 cm³/mol. The number of nitrogens with zero attached hydrogens (tertiary/aromatic N) is 1. The van der Waals surface area contributed by atoms with Gasteiger partial charge in [-0.2, -0.15) is 0 Å². The Balaban J connectivity index is 2.61. The van der Waals surface area contributed by atoms with Gasteiger partial charge in [-0.05, 0) is 46.1 Å². The largest absolute Gasteiger partial charge is 0.427 e. The second-order valence-corrected chi connectivity index (χ2v) is 5.17. The normalized spacial score (nSPS) is 12.6. The van der Waals surface area contributed by atoms with Crippen LogP contribution in [-0.2, 0) is 4.65 Å². The van der Waals surface area contributed by atoms with Crippen molar-refractivity contribution in [3.05, 3.63) is 24.0 Å². The van der Waals surface area contributed by atoms with Gasteiger partial charge in [0.15, 0.2) is 0 Å². The third-order valence-corrected chi connectivity index (χ3v) is 3.05. The molecule has 1 heterocycles. The van der Waals surface area contributed by atoms with Gasteiger partial charge in [-0.3, -0.25) is 4.98 Å². The molecule has 16 heavy (non-hydrogen) atoms. The van der Waals surface area contributed by atoms with Crippen molar-refractivity contribution in [1.82, 2.24) is 4.98 Å². The second kappa shape index (κ2) is 4.56. The van der Waals surface area contributed by atoms with Crippen LogP contribution >= 0.6 is 0 Å². The quantitative estimate of drug-likeness (QED) is 0.769. The van der Waals surface area contributed by atoms with Crippen molar-refractivity contribution in [1.29, 1.82) is 0 Å². The summed E-state index contributed by atoms with van der Waals surface area (Å²) in [5.74, 6) is 0. The molecule has 0 spiro atoms. The van der Waals surface area contributed by atoms with Gasteiger partial charge in [0.25, 0.3) is 0 Å². The molecule has 0 aliphatic heterocycles. The molecule has 1 N–H and O–H groups in total. The van der Waals surface area contributed by atoms with Crippen LogP contribution in [0, 0.1) is 6.92 Å². The van der Waals surface area contributed by atoms with Crippen LogP contribution in [0.3, 0.4) is 0 Å². The smallest absolute Gasteiger partial charge is 0.311 e. The van der Waals surface area contributed by atoms with Gasteiger partial charge in [0, 0.05) is 11.9 Å². The molecule has 0 fully saturated rings. The maximum absolute atomic E-state index is 9.93. The van der Waals surface area contributed by atoms with E-state index in [1.54, 1.807) is 20.0 Å². The molecule has 4 heteroatoms. The number of aromatic nitrogens is 1. The molecule has 0 unspecified atom stereocenters. The Hall–Kier alpha value is -0.865. The van der Waals surface area contributed by atoms with Crippen LogP contribution in [0.5, 0.6) is 0 Å². The number of hydrogen-bond acceptors (Lipinski definition) is 3. The van der Waals surface area contributed by atoms with Crippen LogP contribution in [-0.4, -0.2) is 28.8 Å². The maximum atomic E-state index is 9.93. The number of hydrogen-bond donors (Lipinski definition) is 1. The molecule has 0 aliphatic rings. The van der Waals surface area contributed by atoms with E-state index < -0.39 is 11.2 Å². The minimum Gasteiger partial charge on any atom is -0.427 e. The molecule has 0 bridgehead atoms. The Morgan fingerprint density at radius 1 is 1.25 bits per heavy atom. The second-order valence-electron chi connectivity index (χ2n) is 5.17. The first-order chi connectivity index (χ1) is 7.22. The molecule has 1 rings (SSSR count). The van der Waals surface area contributed by atoms with Crippen molar-refractivity contribution >= 4 is 12.9 Å². The van der Waals surface area contributed by atoms with Crippen LogP contribution in [0.1, 0.15) is 33.4 Å². The van der Waals surface area contributed by atoms with Gasteiger partial charge in [0.05, 0.1) is 11.2 Å². The highest BCUT2D eigenvalue weighted by Gasteiger charge is 2.35. The lowest BCUT2D eigenvalue weighted by Crippen LogP contribution is -2.49. The fourth-order valence-corrected chi connectivity index (χ4v) is 1.02. The number of pyridine rings is 1. The lowest BCUT2D eigenvalue weighted by Gasteiger charge is -2.37. The molecule has 1 aromatic rings. The van der Waals surface area contributed by atoms with Crippen LogP contribution < -0.4 is 5.46 Å². The van der Waals surface area contributed by atoms with Crippen LogP contribution in [0.25, 0.3) is 0 Å². The lowest BCUT2D eigenvalue weighted by atomic mass is 9.83. The topological polar surface area (TPSA) is 42.4 Å². The van der Waals surface area contributed by atoms with E-state index in [2.05, 4.69) is 4.98 Å². The van der Waals surface area contributed by atoms with Crippen molar-refractivity contribution in [2.45, 2.75) is 45.8 Å². The summed E-state index contributed by atoms with van der Waals surface area (Å²) >= 11 is 0. The van der Waals surface area contributed by atoms with Gasteiger partial charge in [-0.1, -0.05) is 6.07 Å². The number of aryl methyl sites for hydroxylation is 1. The molecular weight excluding hydrogens is 201 g/mol. The molecule has 0 saturated heterocycles. The summed E-state index contributed by atoms with van der Waals surface area (Å²) in [7, 11) is 0.463. The summed E-state index contributed by atoms with van der Waals surface area (Å²) in [5, 5.41) is 9.93. The fraction of sp³-hybridized carbons (Fsp3) is 0.583. The van der Waals surface area contributed by atoms with Crippen molar-refractivity contribution in [3.63, 3.8) is 0 Å². The zero-order valence-corrected chi connectivity index (χ0v) is 10.7. The van der Waals surface area contributed by atoms with Crippen LogP contribution in [0.15, 0.2) is 18.3 Å². The standard InChI is InChI=1S/C12H20BNO2/c1-9-6-7-10(8-14-9)13-16-12(4,5)11(2,3)15/h6-8,13,15H,1-5H3. The van der Waals surface area contributed by atoms with E-state index in [9.17, 15) is 5.11 Å². The monoisotopic (exact) mass is 221 g/mol. The Morgan fingerprint density at radius 2 is 1.88 bits per heavy atom. The van der Waals surface area contributed by atoms with Gasteiger partial charge in [0.1, 0.15) is 0 Å². The van der Waals surface area contributed by atoms with Crippen LogP contribution in [0.4, 0.5) is 0 Å². The van der Waals surface area contributed by atoms with E-state index in [0.29, 0.717) is 7.48 Å². The summed E-state index contributed by atoms with van der Waals surface area (Å²) in [6.07, 6.45) is 1.80. The zero-order valence-electron chi connectivity index (χ0n) is 10.7. The molecule has 1 aromatic heterocycles. The third kappa shape index (κ3) is 3.32. The first-order valence-electron chi connectivity index (χ1n) is 5.50. The summed E-state index contributed by atoms with van der Waals surface area (Å²) < 4.78 is 5.73. The molecule has 0 aromatic carbocycles. The van der Waals surface area contributed by atoms with Crippen molar-refractivity contribution < 1.29 is 9.76 Å². The van der Waals surface area contributed by atoms with Crippen molar-refractivity contribution in [2.75, 3.05) is 0 Å². The summed E-state index contributed by atoms with van der Waals surface area (Å²) in [4.78, 5) is 4.20. The van der Waals surface area contributed by atoms with Gasteiger partial charge in [-0.25, -0.2) is 0 Å². The Labute approximate surface area is 98.1 Å². The molecule has 0 amide bonds. The van der Waals surface area contributed by atoms with Gasteiger partial charge < -0.3 is 9.76 Å². The van der Waals surface area contributed by atoms with E-state index in [1.807, 2.05) is 32.9 Å². The molecule has 0 radical (unpaired) electrons. The van der Waals surface area contributed by atoms with Crippen molar-refractivity contribution in [2.24, 2.45) is 0 Å². The zero-order chi connectivity index (χ0) is 12.4. The molecular formula is C12H20BNO2. The van der Waals surface area contributed by atoms with E-state index >= 15 is 0 Å². The van der Waals surface area contributed by atoms with Crippen molar-refractivity contribution in [3.8, 4) is 0 Å². The average Bonchev–Trinajstić information content (AvgIpc) is 2.15. The number of rotatable bonds is 4. The molecule has 0 atom stereocenters. The maximum Gasteiger partial charge on any atom is 0.311 e. The summed E-state index contributed by atoms with van der Waals surface area (Å²) in [5.41, 5.74) is 0.552. The minimum absolute atomic E-state index is 0.463. The average molecular weight is 221 g/mol. The Bertz CT molecular complexity index is 341. The van der Waals surface area contributed by atoms with Crippen LogP contribution in [0.2, 0.25) is 0 Å². The summed E-state index contributed by atoms with van der Waals surface area (Å²) in [6, 6.07) is 3.94. The Kier molecular flexibility index (Phi) is 3.76. The minimum atomic E-state index is -0.870. The SMILES string of the molecule is Cc1ccc(BOC(C)(C)C(C)(C)O)cn1. The predicted octanol–water partition coefficient (Wildman–Crippen LogP) is 0.933. The highest BCUT2D eigenvalue weighted by Crippen LogP contribution is 2.24. The Morgan fingerprint density at radius 3 is 2.31 bits per heavy atom. The molecule has 88 valence electrons. The van der Waals surface area contributed by atoms with E-state index in [0.717, 1.165) is 11.2 Å². The van der Waals surface area contributed by atoms with E-state index in [4.69, 9.17) is 4.65 Å².